The minimum absolute atomic E-state index is 0.329. The van der Waals surface area contributed by atoms with Crippen LogP contribution in [0.3, 0.4) is 0 Å². The molecular formula is C22H22BrNO4. The second-order valence-corrected chi connectivity index (χ2v) is 6.99. The average Bonchev–Trinajstić information content (AvgIpc) is 3.05. The molecule has 0 fully saturated rings. The molecule has 1 aromatic heterocycles. The van der Waals surface area contributed by atoms with Gasteiger partial charge in [-0.25, -0.2) is 4.79 Å². The number of carbonyl (C=O) groups is 1. The van der Waals surface area contributed by atoms with Crippen LogP contribution in [0.4, 0.5) is 0 Å². The minimum Gasteiger partial charge on any atom is -0.497 e. The molecule has 0 aliphatic carbocycles. The SMILES string of the molecule is CCOC(=O)c1cc(-c2ccc(OC)c(Br)c2)n(-c2ccc(OC)cc2)c1C. The summed E-state index contributed by atoms with van der Waals surface area (Å²) in [5.74, 6) is 1.18. The summed E-state index contributed by atoms with van der Waals surface area (Å²) in [6.07, 6.45) is 0. The molecule has 2 aromatic carbocycles. The number of benzene rings is 2. The Bertz CT molecular complexity index is 993. The number of ether oxygens (including phenoxy) is 3. The van der Waals surface area contributed by atoms with E-state index in [1.165, 1.54) is 0 Å². The number of carbonyl (C=O) groups excluding carboxylic acids is 1. The largest absolute Gasteiger partial charge is 0.497 e. The number of rotatable bonds is 6. The Hall–Kier alpha value is -2.73. The summed E-state index contributed by atoms with van der Waals surface area (Å²) in [4.78, 5) is 12.5. The van der Waals surface area contributed by atoms with E-state index >= 15 is 0 Å². The van der Waals surface area contributed by atoms with Crippen molar-refractivity contribution in [1.29, 1.82) is 0 Å². The Balaban J connectivity index is 2.20. The third-order valence-electron chi connectivity index (χ3n) is 4.52. The molecule has 0 saturated carbocycles. The zero-order chi connectivity index (χ0) is 20.3. The molecular weight excluding hydrogens is 422 g/mol. The summed E-state index contributed by atoms with van der Waals surface area (Å²) in [6.45, 7) is 4.04. The molecule has 0 radical (unpaired) electrons. The number of hydrogen-bond donors (Lipinski definition) is 0. The van der Waals surface area contributed by atoms with Crippen molar-refractivity contribution in [3.8, 4) is 28.4 Å². The van der Waals surface area contributed by atoms with Gasteiger partial charge in [0.2, 0.25) is 0 Å². The quantitative estimate of drug-likeness (QED) is 0.477. The predicted molar refractivity (Wildman–Crippen MR) is 113 cm³/mol. The molecule has 146 valence electrons. The van der Waals surface area contributed by atoms with E-state index in [-0.39, 0.29) is 5.97 Å². The number of methoxy groups -OCH3 is 2. The molecule has 0 saturated heterocycles. The van der Waals surface area contributed by atoms with E-state index in [1.807, 2.05) is 60.0 Å². The lowest BCUT2D eigenvalue weighted by molar-refractivity contribution is 0.0525. The molecule has 28 heavy (non-hydrogen) atoms. The predicted octanol–water partition coefficient (Wildman–Crippen LogP) is 5.41. The van der Waals surface area contributed by atoms with Crippen molar-refractivity contribution in [2.45, 2.75) is 13.8 Å². The van der Waals surface area contributed by atoms with Crippen LogP contribution < -0.4 is 9.47 Å². The van der Waals surface area contributed by atoms with Gasteiger partial charge in [-0.1, -0.05) is 0 Å². The summed E-state index contributed by atoms with van der Waals surface area (Å²) < 4.78 is 18.7. The number of nitrogens with zero attached hydrogens (tertiary/aromatic N) is 1. The van der Waals surface area contributed by atoms with Crippen molar-refractivity contribution in [2.24, 2.45) is 0 Å². The molecule has 0 aliphatic rings. The Kier molecular flexibility index (Phi) is 6.09. The van der Waals surface area contributed by atoms with Crippen LogP contribution in [-0.2, 0) is 4.74 Å². The van der Waals surface area contributed by atoms with Crippen molar-refractivity contribution in [2.75, 3.05) is 20.8 Å². The number of esters is 1. The summed E-state index contributed by atoms with van der Waals surface area (Å²) in [5.41, 5.74) is 4.11. The highest BCUT2D eigenvalue weighted by atomic mass is 79.9. The second kappa shape index (κ2) is 8.52. The van der Waals surface area contributed by atoms with Gasteiger partial charge in [0.25, 0.3) is 0 Å². The van der Waals surface area contributed by atoms with Crippen molar-refractivity contribution < 1.29 is 19.0 Å². The second-order valence-electron chi connectivity index (χ2n) is 6.13. The standard InChI is InChI=1S/C22H22BrNO4/c1-5-28-22(25)18-13-20(15-6-11-21(27-4)19(23)12-15)24(14(18)2)16-7-9-17(26-3)10-8-16/h6-13H,5H2,1-4H3. The lowest BCUT2D eigenvalue weighted by Crippen LogP contribution is -2.06. The number of halogens is 1. The Morgan fingerprint density at radius 1 is 1.04 bits per heavy atom. The maximum atomic E-state index is 12.5. The molecule has 3 rings (SSSR count). The van der Waals surface area contributed by atoms with E-state index in [9.17, 15) is 4.79 Å². The highest BCUT2D eigenvalue weighted by molar-refractivity contribution is 9.10. The van der Waals surface area contributed by atoms with Crippen LogP contribution in [0, 0.1) is 6.92 Å². The molecule has 0 spiro atoms. The lowest BCUT2D eigenvalue weighted by Gasteiger charge is -2.14. The first-order valence-electron chi connectivity index (χ1n) is 8.88. The van der Waals surface area contributed by atoms with Crippen LogP contribution in [0.2, 0.25) is 0 Å². The fourth-order valence-corrected chi connectivity index (χ4v) is 3.67. The van der Waals surface area contributed by atoms with Gasteiger partial charge in [0.15, 0.2) is 0 Å². The summed E-state index contributed by atoms with van der Waals surface area (Å²) in [5, 5.41) is 0. The molecule has 5 nitrogen and oxygen atoms in total. The van der Waals surface area contributed by atoms with E-state index in [4.69, 9.17) is 14.2 Å². The van der Waals surface area contributed by atoms with E-state index in [2.05, 4.69) is 15.9 Å². The van der Waals surface area contributed by atoms with Gasteiger partial charge in [0.1, 0.15) is 11.5 Å². The summed E-state index contributed by atoms with van der Waals surface area (Å²) in [6, 6.07) is 15.4. The Labute approximate surface area is 173 Å². The zero-order valence-electron chi connectivity index (χ0n) is 16.3. The van der Waals surface area contributed by atoms with Gasteiger partial charge in [0.05, 0.1) is 36.6 Å². The highest BCUT2D eigenvalue weighted by Crippen LogP contribution is 2.35. The van der Waals surface area contributed by atoms with Crippen LogP contribution in [0.15, 0.2) is 53.0 Å². The lowest BCUT2D eigenvalue weighted by atomic mass is 10.1. The topological polar surface area (TPSA) is 49.7 Å². The molecule has 0 atom stereocenters. The molecule has 6 heteroatoms. The first kappa shape index (κ1) is 20.0. The van der Waals surface area contributed by atoms with Gasteiger partial charge in [-0.15, -0.1) is 0 Å². The maximum Gasteiger partial charge on any atom is 0.339 e. The highest BCUT2D eigenvalue weighted by Gasteiger charge is 2.21. The molecule has 0 bridgehead atoms. The van der Waals surface area contributed by atoms with Crippen LogP contribution in [0.25, 0.3) is 16.9 Å². The molecule has 0 aliphatic heterocycles. The fraction of sp³-hybridized carbons (Fsp3) is 0.227. The van der Waals surface area contributed by atoms with Gasteiger partial charge in [0, 0.05) is 11.4 Å². The number of aromatic nitrogens is 1. The summed E-state index contributed by atoms with van der Waals surface area (Å²) >= 11 is 3.54. The minimum atomic E-state index is -0.332. The van der Waals surface area contributed by atoms with E-state index in [0.29, 0.717) is 12.2 Å². The van der Waals surface area contributed by atoms with Crippen molar-refractivity contribution >= 4 is 21.9 Å². The molecule has 0 amide bonds. The van der Waals surface area contributed by atoms with E-state index in [1.54, 1.807) is 21.1 Å². The van der Waals surface area contributed by atoms with Crippen LogP contribution in [0.1, 0.15) is 23.0 Å². The van der Waals surface area contributed by atoms with Gasteiger partial charge in [-0.3, -0.25) is 0 Å². The van der Waals surface area contributed by atoms with Crippen molar-refractivity contribution in [3.63, 3.8) is 0 Å². The Morgan fingerprint density at radius 2 is 1.75 bits per heavy atom. The van der Waals surface area contributed by atoms with E-state index < -0.39 is 0 Å². The van der Waals surface area contributed by atoms with Gasteiger partial charge in [-0.2, -0.15) is 0 Å². The molecule has 1 heterocycles. The summed E-state index contributed by atoms with van der Waals surface area (Å²) in [7, 11) is 3.26. The monoisotopic (exact) mass is 443 g/mol. The molecule has 3 aromatic rings. The van der Waals surface area contributed by atoms with Crippen molar-refractivity contribution in [1.82, 2.24) is 4.57 Å². The third-order valence-corrected chi connectivity index (χ3v) is 5.14. The van der Waals surface area contributed by atoms with Crippen molar-refractivity contribution in [3.05, 3.63) is 64.3 Å². The van der Waals surface area contributed by atoms with Gasteiger partial charge < -0.3 is 18.8 Å². The van der Waals surface area contributed by atoms with Gasteiger partial charge >= 0.3 is 5.97 Å². The first-order chi connectivity index (χ1) is 13.5. The Morgan fingerprint density at radius 3 is 2.32 bits per heavy atom. The number of hydrogen-bond acceptors (Lipinski definition) is 4. The average molecular weight is 444 g/mol. The van der Waals surface area contributed by atoms with Crippen LogP contribution >= 0.6 is 15.9 Å². The fourth-order valence-electron chi connectivity index (χ4n) is 3.12. The van der Waals surface area contributed by atoms with Crippen LogP contribution in [-0.4, -0.2) is 31.4 Å². The van der Waals surface area contributed by atoms with Gasteiger partial charge in [-0.05, 0) is 83.9 Å². The smallest absolute Gasteiger partial charge is 0.339 e. The van der Waals surface area contributed by atoms with E-state index in [0.717, 1.165) is 38.6 Å². The maximum absolute atomic E-state index is 12.5. The molecule has 0 N–H and O–H groups in total. The molecule has 0 unspecified atom stereocenters. The van der Waals surface area contributed by atoms with Crippen LogP contribution in [0.5, 0.6) is 11.5 Å². The first-order valence-corrected chi connectivity index (χ1v) is 9.67. The zero-order valence-corrected chi connectivity index (χ0v) is 17.9. The third kappa shape index (κ3) is 3.78. The normalized spacial score (nSPS) is 10.6.